The third kappa shape index (κ3) is 5.86. The molecule has 1 amide bonds. The van der Waals surface area contributed by atoms with Crippen LogP contribution in [0.15, 0.2) is 0 Å². The second-order valence-electron chi connectivity index (χ2n) is 5.25. The van der Waals surface area contributed by atoms with Crippen molar-refractivity contribution in [3.05, 3.63) is 0 Å². The molecule has 6 heteroatoms. The number of carbonyl (C=O) groups excluding carboxylic acids is 2. The lowest BCUT2D eigenvalue weighted by Crippen LogP contribution is -2.46. The monoisotopic (exact) mass is 259 g/mol. The number of hydrogen-bond acceptors (Lipinski definition) is 5. The van der Waals surface area contributed by atoms with Gasteiger partial charge in [0, 0.05) is 0 Å². The second-order valence-corrected chi connectivity index (χ2v) is 5.25. The van der Waals surface area contributed by atoms with Gasteiger partial charge in [-0.15, -0.1) is 0 Å². The number of nitrogens with one attached hydrogen (secondary N) is 1. The topological polar surface area (TPSA) is 73.9 Å². The highest BCUT2D eigenvalue weighted by Gasteiger charge is 2.29. The number of carbonyl (C=O) groups is 2. The minimum absolute atomic E-state index is 0.108. The number of hydrogen-bond donors (Lipinski definition) is 1. The molecule has 0 aromatic heterocycles. The van der Waals surface area contributed by atoms with Gasteiger partial charge in [0.15, 0.2) is 6.04 Å². The van der Waals surface area contributed by atoms with E-state index in [9.17, 15) is 9.59 Å². The van der Waals surface area contributed by atoms with E-state index in [1.165, 1.54) is 7.11 Å². The quantitative estimate of drug-likeness (QED) is 0.752. The molecule has 0 unspecified atom stereocenters. The molecule has 6 nitrogen and oxygen atoms in total. The van der Waals surface area contributed by atoms with Gasteiger partial charge in [-0.05, 0) is 33.6 Å². The zero-order valence-electron chi connectivity index (χ0n) is 11.3. The van der Waals surface area contributed by atoms with Crippen LogP contribution in [0.1, 0.15) is 33.6 Å². The third-order valence-electron chi connectivity index (χ3n) is 2.20. The third-order valence-corrected chi connectivity index (χ3v) is 2.20. The normalized spacial score (nSPS) is 16.9. The summed E-state index contributed by atoms with van der Waals surface area (Å²) in [6.07, 6.45) is 1.55. The molecule has 18 heavy (non-hydrogen) atoms. The Balaban J connectivity index is 2.43. The highest BCUT2D eigenvalue weighted by molar-refractivity contribution is 5.81. The molecule has 1 atom stereocenters. The Kier molecular flexibility index (Phi) is 4.95. The van der Waals surface area contributed by atoms with Crippen LogP contribution in [0.25, 0.3) is 0 Å². The fourth-order valence-corrected chi connectivity index (χ4v) is 1.23. The summed E-state index contributed by atoms with van der Waals surface area (Å²) in [6.45, 7) is 5.36. The first kappa shape index (κ1) is 14.8. The molecular weight excluding hydrogens is 238 g/mol. The summed E-state index contributed by atoms with van der Waals surface area (Å²) in [7, 11) is 1.27. The molecule has 1 aliphatic rings. The van der Waals surface area contributed by atoms with E-state index in [1.54, 1.807) is 20.8 Å². The molecule has 1 saturated carbocycles. The van der Waals surface area contributed by atoms with E-state index in [0.29, 0.717) is 0 Å². The van der Waals surface area contributed by atoms with Gasteiger partial charge in [-0.2, -0.15) is 0 Å². The van der Waals surface area contributed by atoms with Crippen molar-refractivity contribution >= 4 is 12.1 Å². The van der Waals surface area contributed by atoms with Crippen LogP contribution in [0.3, 0.4) is 0 Å². The minimum Gasteiger partial charge on any atom is -0.467 e. The van der Waals surface area contributed by atoms with E-state index in [0.717, 1.165) is 12.8 Å². The molecule has 0 bridgehead atoms. The summed E-state index contributed by atoms with van der Waals surface area (Å²) in [5, 5.41) is 2.45. The Bertz CT molecular complexity index is 306. The molecule has 0 aromatic carbocycles. The molecule has 0 saturated heterocycles. The lowest BCUT2D eigenvalue weighted by molar-refractivity contribution is -0.144. The zero-order chi connectivity index (χ0) is 13.8. The predicted molar refractivity (Wildman–Crippen MR) is 64.1 cm³/mol. The van der Waals surface area contributed by atoms with Gasteiger partial charge >= 0.3 is 12.1 Å². The van der Waals surface area contributed by atoms with Gasteiger partial charge in [0.1, 0.15) is 5.60 Å². The number of ether oxygens (including phenoxy) is 3. The van der Waals surface area contributed by atoms with Gasteiger partial charge in [-0.3, -0.25) is 0 Å². The molecule has 0 aliphatic heterocycles. The van der Waals surface area contributed by atoms with Crippen LogP contribution >= 0.6 is 0 Å². The molecule has 1 aliphatic carbocycles. The van der Waals surface area contributed by atoms with Crippen molar-refractivity contribution in [2.24, 2.45) is 0 Å². The lowest BCUT2D eigenvalue weighted by Gasteiger charge is -2.22. The SMILES string of the molecule is COC(=O)[C@@H](COC1CC1)NC(=O)OC(C)(C)C. The first-order valence-corrected chi connectivity index (χ1v) is 6.01. The van der Waals surface area contributed by atoms with Crippen molar-refractivity contribution in [1.29, 1.82) is 0 Å². The van der Waals surface area contributed by atoms with Crippen LogP contribution in [0.4, 0.5) is 4.79 Å². The van der Waals surface area contributed by atoms with Gasteiger partial charge in [-0.1, -0.05) is 0 Å². The van der Waals surface area contributed by atoms with Crippen LogP contribution in [0.5, 0.6) is 0 Å². The maximum Gasteiger partial charge on any atom is 0.408 e. The minimum atomic E-state index is -0.828. The van der Waals surface area contributed by atoms with Crippen molar-refractivity contribution in [3.63, 3.8) is 0 Å². The van der Waals surface area contributed by atoms with Gasteiger partial charge in [0.05, 0.1) is 19.8 Å². The van der Waals surface area contributed by atoms with Crippen LogP contribution in [0, 0.1) is 0 Å². The van der Waals surface area contributed by atoms with Crippen molar-refractivity contribution < 1.29 is 23.8 Å². The summed E-state index contributed by atoms with van der Waals surface area (Å²) in [5.74, 6) is -0.540. The number of amides is 1. The summed E-state index contributed by atoms with van der Waals surface area (Å²) < 4.78 is 15.1. The number of rotatable bonds is 5. The summed E-state index contributed by atoms with van der Waals surface area (Å²) in [6, 6.07) is -0.828. The molecule has 0 aromatic rings. The van der Waals surface area contributed by atoms with Crippen LogP contribution in [0.2, 0.25) is 0 Å². The number of methoxy groups -OCH3 is 1. The van der Waals surface area contributed by atoms with Gasteiger partial charge in [-0.25, -0.2) is 9.59 Å². The largest absolute Gasteiger partial charge is 0.467 e. The summed E-state index contributed by atoms with van der Waals surface area (Å²) in [4.78, 5) is 23.0. The highest BCUT2D eigenvalue weighted by atomic mass is 16.6. The van der Waals surface area contributed by atoms with E-state index in [4.69, 9.17) is 9.47 Å². The average Bonchev–Trinajstić information content (AvgIpc) is 3.04. The smallest absolute Gasteiger partial charge is 0.408 e. The van der Waals surface area contributed by atoms with E-state index in [-0.39, 0.29) is 12.7 Å². The fraction of sp³-hybridized carbons (Fsp3) is 0.833. The van der Waals surface area contributed by atoms with Crippen molar-refractivity contribution in [3.8, 4) is 0 Å². The molecule has 0 radical (unpaired) electrons. The second kappa shape index (κ2) is 6.04. The standard InChI is InChI=1S/C12H21NO5/c1-12(2,3)18-11(15)13-9(10(14)16-4)7-17-8-5-6-8/h8-9H,5-7H2,1-4H3,(H,13,15)/t9-/m1/s1. The molecular formula is C12H21NO5. The van der Waals surface area contributed by atoms with E-state index in [2.05, 4.69) is 10.1 Å². The maximum atomic E-state index is 11.6. The van der Waals surface area contributed by atoms with Crippen molar-refractivity contribution in [2.45, 2.75) is 51.4 Å². The number of alkyl carbamates (subject to hydrolysis) is 1. The molecule has 104 valence electrons. The van der Waals surface area contributed by atoms with Crippen LogP contribution in [-0.2, 0) is 19.0 Å². The van der Waals surface area contributed by atoms with E-state index >= 15 is 0 Å². The maximum absolute atomic E-state index is 11.6. The lowest BCUT2D eigenvalue weighted by atomic mass is 10.2. The number of esters is 1. The first-order chi connectivity index (χ1) is 8.31. The average molecular weight is 259 g/mol. The molecule has 0 spiro atoms. The summed E-state index contributed by atoms with van der Waals surface area (Å²) in [5.41, 5.74) is -0.609. The molecule has 1 N–H and O–H groups in total. The Morgan fingerprint density at radius 1 is 1.33 bits per heavy atom. The van der Waals surface area contributed by atoms with Gasteiger partial charge in [0.25, 0.3) is 0 Å². The highest BCUT2D eigenvalue weighted by Crippen LogP contribution is 2.23. The first-order valence-electron chi connectivity index (χ1n) is 6.01. The Labute approximate surface area is 107 Å². The fourth-order valence-electron chi connectivity index (χ4n) is 1.23. The summed E-state index contributed by atoms with van der Waals surface area (Å²) >= 11 is 0. The van der Waals surface area contributed by atoms with Gasteiger partial charge in [0.2, 0.25) is 0 Å². The van der Waals surface area contributed by atoms with Crippen LogP contribution < -0.4 is 5.32 Å². The predicted octanol–water partition coefficient (Wildman–Crippen LogP) is 1.23. The van der Waals surface area contributed by atoms with E-state index < -0.39 is 23.7 Å². The molecule has 1 fully saturated rings. The van der Waals surface area contributed by atoms with Crippen molar-refractivity contribution in [1.82, 2.24) is 5.32 Å². The Morgan fingerprint density at radius 2 is 1.94 bits per heavy atom. The van der Waals surface area contributed by atoms with Crippen LogP contribution in [-0.4, -0.2) is 43.5 Å². The molecule has 0 heterocycles. The zero-order valence-corrected chi connectivity index (χ0v) is 11.3. The van der Waals surface area contributed by atoms with Crippen molar-refractivity contribution in [2.75, 3.05) is 13.7 Å². The Hall–Kier alpha value is -1.30. The van der Waals surface area contributed by atoms with Gasteiger partial charge < -0.3 is 19.5 Å². The Morgan fingerprint density at radius 3 is 2.39 bits per heavy atom. The molecule has 1 rings (SSSR count). The van der Waals surface area contributed by atoms with E-state index in [1.807, 2.05) is 0 Å².